The standard InChI is InChI=1S/C24H20Cl2N2O4S/c1-3-5-13-6-4-7-15-20-19(11-32-21(13)15)33-24(27-20)28-22(29)14-9-17(25)16(18(26)10-14)8-12(2)23(30)31/h4,6-10H,3,5,11H2,1-2H3,(H,30,31)(H,27,28,29). The number of amides is 1. The lowest BCUT2D eigenvalue weighted by Gasteiger charge is -2.19. The summed E-state index contributed by atoms with van der Waals surface area (Å²) in [7, 11) is 0. The summed E-state index contributed by atoms with van der Waals surface area (Å²) in [6.45, 7) is 3.96. The van der Waals surface area contributed by atoms with Crippen LogP contribution in [0.25, 0.3) is 17.3 Å². The molecule has 4 rings (SSSR count). The van der Waals surface area contributed by atoms with Gasteiger partial charge in [0, 0.05) is 22.3 Å². The molecule has 1 aliphatic heterocycles. The second-order valence-corrected chi connectivity index (χ2v) is 9.46. The Kier molecular flexibility index (Phi) is 6.74. The van der Waals surface area contributed by atoms with Crippen LogP contribution in [0.5, 0.6) is 5.75 Å². The average Bonchev–Trinajstić information content (AvgIpc) is 3.19. The van der Waals surface area contributed by atoms with E-state index in [1.54, 1.807) is 0 Å². The number of hydrogen-bond donors (Lipinski definition) is 2. The van der Waals surface area contributed by atoms with Gasteiger partial charge in [-0.3, -0.25) is 10.1 Å². The van der Waals surface area contributed by atoms with Crippen molar-refractivity contribution in [2.45, 2.75) is 33.3 Å². The lowest BCUT2D eigenvalue weighted by molar-refractivity contribution is -0.132. The highest BCUT2D eigenvalue weighted by molar-refractivity contribution is 7.16. The Hall–Kier alpha value is -2.87. The molecule has 3 aromatic rings. The third-order valence-corrected chi connectivity index (χ3v) is 6.75. The number of aliphatic carboxylic acids is 1. The van der Waals surface area contributed by atoms with Gasteiger partial charge in [0.25, 0.3) is 5.91 Å². The van der Waals surface area contributed by atoms with Crippen LogP contribution in [0.1, 0.15) is 46.6 Å². The quantitative estimate of drug-likeness (QED) is 0.366. The molecule has 2 N–H and O–H groups in total. The highest BCUT2D eigenvalue weighted by Gasteiger charge is 2.25. The van der Waals surface area contributed by atoms with Crippen LogP contribution in [0.15, 0.2) is 35.9 Å². The molecule has 0 radical (unpaired) electrons. The maximum Gasteiger partial charge on any atom is 0.331 e. The lowest BCUT2D eigenvalue weighted by Crippen LogP contribution is -2.12. The van der Waals surface area contributed by atoms with Crippen molar-refractivity contribution >= 4 is 57.6 Å². The Labute approximate surface area is 204 Å². The number of halogens is 2. The number of carbonyl (C=O) groups excluding carboxylic acids is 1. The summed E-state index contributed by atoms with van der Waals surface area (Å²) in [6, 6.07) is 8.93. The number of benzene rings is 2. The number of anilines is 1. The van der Waals surface area contributed by atoms with Crippen molar-refractivity contribution < 1.29 is 19.4 Å². The van der Waals surface area contributed by atoms with E-state index in [0.29, 0.717) is 17.3 Å². The van der Waals surface area contributed by atoms with E-state index in [0.717, 1.165) is 40.3 Å². The summed E-state index contributed by atoms with van der Waals surface area (Å²) in [5, 5.41) is 12.7. The second kappa shape index (κ2) is 9.55. The molecule has 9 heteroatoms. The molecule has 0 unspecified atom stereocenters. The van der Waals surface area contributed by atoms with Gasteiger partial charge in [0.1, 0.15) is 12.4 Å². The van der Waals surface area contributed by atoms with Crippen molar-refractivity contribution in [1.29, 1.82) is 0 Å². The van der Waals surface area contributed by atoms with E-state index in [4.69, 9.17) is 33.0 Å². The number of fused-ring (bicyclic) bond motifs is 3. The number of carboxylic acids is 1. The fourth-order valence-electron chi connectivity index (χ4n) is 3.56. The molecule has 1 amide bonds. The van der Waals surface area contributed by atoms with Crippen LogP contribution in [0.2, 0.25) is 10.0 Å². The number of aryl methyl sites for hydroxylation is 1. The van der Waals surface area contributed by atoms with E-state index in [9.17, 15) is 9.59 Å². The molecule has 2 heterocycles. The maximum atomic E-state index is 12.9. The molecule has 1 aliphatic rings. The van der Waals surface area contributed by atoms with Gasteiger partial charge in [0.2, 0.25) is 0 Å². The minimum absolute atomic E-state index is 0.0777. The Balaban J connectivity index is 1.59. The fourth-order valence-corrected chi connectivity index (χ4v) is 5.04. The van der Waals surface area contributed by atoms with Crippen LogP contribution < -0.4 is 10.1 Å². The molecule has 2 aromatic carbocycles. The number of hydrogen-bond acceptors (Lipinski definition) is 5. The molecular weight excluding hydrogens is 483 g/mol. The second-order valence-electron chi connectivity index (χ2n) is 7.56. The number of rotatable bonds is 6. The summed E-state index contributed by atoms with van der Waals surface area (Å²) < 4.78 is 6.01. The molecule has 0 spiro atoms. The molecule has 0 atom stereocenters. The van der Waals surface area contributed by atoms with Gasteiger partial charge >= 0.3 is 5.97 Å². The molecule has 0 aliphatic carbocycles. The zero-order chi connectivity index (χ0) is 23.7. The van der Waals surface area contributed by atoms with Gasteiger partial charge in [-0.15, -0.1) is 0 Å². The summed E-state index contributed by atoms with van der Waals surface area (Å²) in [5.74, 6) is -0.644. The number of thiazole rings is 1. The molecule has 170 valence electrons. The zero-order valence-corrected chi connectivity index (χ0v) is 20.2. The Bertz CT molecular complexity index is 1280. The summed E-state index contributed by atoms with van der Waals surface area (Å²) >= 11 is 13.9. The smallest absolute Gasteiger partial charge is 0.331 e. The molecule has 33 heavy (non-hydrogen) atoms. The average molecular weight is 503 g/mol. The zero-order valence-electron chi connectivity index (χ0n) is 17.9. The van der Waals surface area contributed by atoms with Crippen molar-refractivity contribution in [3.8, 4) is 17.0 Å². The van der Waals surface area contributed by atoms with Crippen LogP contribution in [-0.2, 0) is 17.8 Å². The number of para-hydroxylation sites is 1. The normalized spacial score (nSPS) is 12.5. The summed E-state index contributed by atoms with van der Waals surface area (Å²) in [5.41, 5.74) is 3.55. The monoisotopic (exact) mass is 502 g/mol. The highest BCUT2D eigenvalue weighted by atomic mass is 35.5. The van der Waals surface area contributed by atoms with Crippen LogP contribution in [-0.4, -0.2) is 22.0 Å². The number of nitrogens with zero attached hydrogens (tertiary/aromatic N) is 1. The van der Waals surface area contributed by atoms with Crippen LogP contribution >= 0.6 is 34.5 Å². The van der Waals surface area contributed by atoms with Gasteiger partial charge in [-0.25, -0.2) is 9.78 Å². The van der Waals surface area contributed by atoms with Gasteiger partial charge in [0.05, 0.1) is 20.6 Å². The summed E-state index contributed by atoms with van der Waals surface area (Å²) in [4.78, 5) is 29.5. The molecule has 0 bridgehead atoms. The van der Waals surface area contributed by atoms with Crippen molar-refractivity contribution in [2.75, 3.05) is 5.32 Å². The largest absolute Gasteiger partial charge is 0.487 e. The Morgan fingerprint density at radius 1 is 1.27 bits per heavy atom. The number of aromatic nitrogens is 1. The molecule has 0 fully saturated rings. The third kappa shape index (κ3) is 4.76. The van der Waals surface area contributed by atoms with Gasteiger partial charge < -0.3 is 9.84 Å². The first-order chi connectivity index (χ1) is 15.8. The van der Waals surface area contributed by atoms with E-state index in [-0.39, 0.29) is 21.2 Å². The number of carboxylic acid groups (broad SMARTS) is 1. The van der Waals surface area contributed by atoms with E-state index in [1.165, 1.54) is 36.5 Å². The van der Waals surface area contributed by atoms with Gasteiger partial charge in [-0.2, -0.15) is 0 Å². The van der Waals surface area contributed by atoms with E-state index < -0.39 is 11.9 Å². The molecule has 1 aromatic heterocycles. The Morgan fingerprint density at radius 3 is 2.67 bits per heavy atom. The Morgan fingerprint density at radius 2 is 2.00 bits per heavy atom. The molecule has 0 saturated heterocycles. The topological polar surface area (TPSA) is 88.5 Å². The predicted molar refractivity (Wildman–Crippen MR) is 132 cm³/mol. The third-order valence-electron chi connectivity index (χ3n) is 5.18. The summed E-state index contributed by atoms with van der Waals surface area (Å²) in [6.07, 6.45) is 3.30. The number of ether oxygens (including phenoxy) is 1. The molecule has 0 saturated carbocycles. The van der Waals surface area contributed by atoms with Gasteiger partial charge in [0.15, 0.2) is 5.13 Å². The first-order valence-corrected chi connectivity index (χ1v) is 11.8. The minimum Gasteiger partial charge on any atom is -0.487 e. The predicted octanol–water partition coefficient (Wildman–Crippen LogP) is 6.70. The SMILES string of the molecule is CCCc1cccc2c1OCc1sc(NC(=O)c3cc(Cl)c(C=C(C)C(=O)O)c(Cl)c3)nc1-2. The van der Waals surface area contributed by atoms with E-state index >= 15 is 0 Å². The van der Waals surface area contributed by atoms with Crippen molar-refractivity contribution in [3.63, 3.8) is 0 Å². The lowest BCUT2D eigenvalue weighted by atomic mass is 10.0. The maximum absolute atomic E-state index is 12.9. The van der Waals surface area contributed by atoms with Crippen LogP contribution in [0.3, 0.4) is 0 Å². The van der Waals surface area contributed by atoms with Crippen molar-refractivity contribution in [1.82, 2.24) is 4.98 Å². The van der Waals surface area contributed by atoms with Crippen LogP contribution in [0, 0.1) is 0 Å². The van der Waals surface area contributed by atoms with E-state index in [1.807, 2.05) is 12.1 Å². The van der Waals surface area contributed by atoms with Gasteiger partial charge in [-0.1, -0.05) is 60.0 Å². The highest BCUT2D eigenvalue weighted by Crippen LogP contribution is 2.43. The molecular formula is C24H20Cl2N2O4S. The van der Waals surface area contributed by atoms with Crippen molar-refractivity contribution in [2.24, 2.45) is 0 Å². The fraction of sp³-hybridized carbons (Fsp3) is 0.208. The number of carbonyl (C=O) groups is 2. The first kappa shape index (κ1) is 23.3. The van der Waals surface area contributed by atoms with Crippen molar-refractivity contribution in [3.05, 3.63) is 67.5 Å². The first-order valence-electron chi connectivity index (χ1n) is 10.2. The van der Waals surface area contributed by atoms with E-state index in [2.05, 4.69) is 23.3 Å². The van der Waals surface area contributed by atoms with Crippen LogP contribution in [0.4, 0.5) is 5.13 Å². The number of nitrogens with one attached hydrogen (secondary N) is 1. The minimum atomic E-state index is -1.08. The van der Waals surface area contributed by atoms with Gasteiger partial charge in [-0.05, 0) is 43.2 Å². The molecule has 6 nitrogen and oxygen atoms in total.